The Morgan fingerprint density at radius 3 is 3.08 bits per heavy atom. The molecule has 1 aliphatic heterocycles. The second-order valence-electron chi connectivity index (χ2n) is 3.64. The first-order valence-electron chi connectivity index (χ1n) is 4.78. The van der Waals surface area contributed by atoms with Gasteiger partial charge in [-0.2, -0.15) is 0 Å². The topological polar surface area (TPSA) is 32.3 Å². The van der Waals surface area contributed by atoms with Crippen LogP contribution in [-0.2, 0) is 13.0 Å². The molecule has 0 fully saturated rings. The molecule has 0 radical (unpaired) electrons. The van der Waals surface area contributed by atoms with E-state index in [1.807, 2.05) is 0 Å². The highest BCUT2D eigenvalue weighted by Crippen LogP contribution is 2.26. The highest BCUT2D eigenvalue weighted by molar-refractivity contribution is 5.58. The van der Waals surface area contributed by atoms with Gasteiger partial charge in [-0.1, -0.05) is 6.07 Å². The van der Waals surface area contributed by atoms with Gasteiger partial charge in [0.15, 0.2) is 0 Å². The smallest absolute Gasteiger partial charge is 0.0685 e. The molecule has 1 heterocycles. The number of fused-ring (bicyclic) bond motifs is 1. The quantitative estimate of drug-likeness (QED) is 0.686. The number of nitrogens with one attached hydrogen (secondary N) is 1. The Bertz CT molecular complexity index is 303. The maximum atomic E-state index is 9.19. The van der Waals surface area contributed by atoms with Crippen LogP contribution in [0.2, 0.25) is 0 Å². The van der Waals surface area contributed by atoms with Crippen LogP contribution in [0.25, 0.3) is 0 Å². The highest BCUT2D eigenvalue weighted by Gasteiger charge is 2.12. The monoisotopic (exact) mass is 177 g/mol. The van der Waals surface area contributed by atoms with Crippen LogP contribution in [0.1, 0.15) is 23.1 Å². The largest absolute Gasteiger partial charge is 0.392 e. The van der Waals surface area contributed by atoms with Gasteiger partial charge in [0.05, 0.1) is 6.61 Å². The fourth-order valence-electron chi connectivity index (χ4n) is 1.97. The highest BCUT2D eigenvalue weighted by atomic mass is 16.3. The van der Waals surface area contributed by atoms with Crippen molar-refractivity contribution in [2.45, 2.75) is 26.4 Å². The minimum Gasteiger partial charge on any atom is -0.392 e. The van der Waals surface area contributed by atoms with Gasteiger partial charge in [-0.3, -0.25) is 0 Å². The molecular weight excluding hydrogens is 162 g/mol. The van der Waals surface area contributed by atoms with Crippen molar-refractivity contribution in [1.29, 1.82) is 0 Å². The summed E-state index contributed by atoms with van der Waals surface area (Å²) < 4.78 is 0. The summed E-state index contributed by atoms with van der Waals surface area (Å²) >= 11 is 0. The van der Waals surface area contributed by atoms with Crippen molar-refractivity contribution in [2.75, 3.05) is 11.9 Å². The van der Waals surface area contributed by atoms with Crippen molar-refractivity contribution < 1.29 is 5.11 Å². The molecule has 2 heteroatoms. The predicted molar refractivity (Wildman–Crippen MR) is 53.9 cm³/mol. The van der Waals surface area contributed by atoms with E-state index in [1.54, 1.807) is 0 Å². The SMILES string of the molecule is Cc1cc(CO)c2c(c1)NCCC2. The minimum atomic E-state index is 0.158. The molecule has 0 aliphatic carbocycles. The standard InChI is InChI=1S/C11H15NO/c1-8-5-9(7-13)10-3-2-4-12-11(10)6-8/h5-6,12-13H,2-4,7H2,1H3. The summed E-state index contributed by atoms with van der Waals surface area (Å²) in [5.74, 6) is 0. The normalized spacial score (nSPS) is 14.9. The number of benzene rings is 1. The van der Waals surface area contributed by atoms with Crippen LogP contribution >= 0.6 is 0 Å². The van der Waals surface area contributed by atoms with Gasteiger partial charge in [-0.05, 0) is 42.5 Å². The second kappa shape index (κ2) is 3.38. The molecule has 2 rings (SSSR count). The lowest BCUT2D eigenvalue weighted by molar-refractivity contribution is 0.280. The third kappa shape index (κ3) is 1.54. The van der Waals surface area contributed by atoms with E-state index in [2.05, 4.69) is 24.4 Å². The third-order valence-corrected chi connectivity index (χ3v) is 2.58. The molecule has 2 nitrogen and oxygen atoms in total. The van der Waals surface area contributed by atoms with E-state index in [1.165, 1.54) is 23.2 Å². The van der Waals surface area contributed by atoms with Crippen molar-refractivity contribution in [3.63, 3.8) is 0 Å². The van der Waals surface area contributed by atoms with Crippen molar-refractivity contribution in [1.82, 2.24) is 0 Å². The molecule has 1 aromatic carbocycles. The van der Waals surface area contributed by atoms with Crippen molar-refractivity contribution in [2.24, 2.45) is 0 Å². The minimum absolute atomic E-state index is 0.158. The van der Waals surface area contributed by atoms with Gasteiger partial charge in [0.25, 0.3) is 0 Å². The lowest BCUT2D eigenvalue weighted by Gasteiger charge is -2.21. The first-order valence-corrected chi connectivity index (χ1v) is 4.78. The maximum Gasteiger partial charge on any atom is 0.0685 e. The summed E-state index contributed by atoms with van der Waals surface area (Å²) in [6.45, 7) is 3.28. The lowest BCUT2D eigenvalue weighted by atomic mass is 9.96. The molecular formula is C11H15NO. The van der Waals surface area contributed by atoms with Gasteiger partial charge in [0.1, 0.15) is 0 Å². The maximum absolute atomic E-state index is 9.19. The fraction of sp³-hybridized carbons (Fsp3) is 0.455. The second-order valence-corrected chi connectivity index (χ2v) is 3.64. The Balaban J connectivity index is 2.50. The molecule has 0 atom stereocenters. The van der Waals surface area contributed by atoms with Crippen molar-refractivity contribution >= 4 is 5.69 Å². The van der Waals surface area contributed by atoms with E-state index in [9.17, 15) is 5.11 Å². The molecule has 0 aromatic heterocycles. The molecule has 2 N–H and O–H groups in total. The van der Waals surface area contributed by atoms with E-state index in [4.69, 9.17) is 0 Å². The molecule has 1 aromatic rings. The molecule has 0 spiro atoms. The zero-order chi connectivity index (χ0) is 9.26. The van der Waals surface area contributed by atoms with Crippen LogP contribution in [0.5, 0.6) is 0 Å². The summed E-state index contributed by atoms with van der Waals surface area (Å²) in [5.41, 5.74) is 4.83. The lowest BCUT2D eigenvalue weighted by Crippen LogP contribution is -2.13. The number of aliphatic hydroxyl groups excluding tert-OH is 1. The number of rotatable bonds is 1. The van der Waals surface area contributed by atoms with E-state index < -0.39 is 0 Å². The Morgan fingerprint density at radius 1 is 1.46 bits per heavy atom. The van der Waals surface area contributed by atoms with E-state index in [0.717, 1.165) is 18.5 Å². The number of aliphatic hydroxyl groups is 1. The number of hydrogen-bond donors (Lipinski definition) is 2. The van der Waals surface area contributed by atoms with Crippen molar-refractivity contribution in [3.8, 4) is 0 Å². The Labute approximate surface area is 78.6 Å². The van der Waals surface area contributed by atoms with Gasteiger partial charge >= 0.3 is 0 Å². The summed E-state index contributed by atoms with van der Waals surface area (Å²) in [6, 6.07) is 4.24. The van der Waals surface area contributed by atoms with Crippen LogP contribution in [0, 0.1) is 6.92 Å². The molecule has 0 amide bonds. The van der Waals surface area contributed by atoms with E-state index in [0.29, 0.717) is 0 Å². The van der Waals surface area contributed by atoms with E-state index in [-0.39, 0.29) is 6.61 Å². The fourth-order valence-corrected chi connectivity index (χ4v) is 1.97. The average molecular weight is 177 g/mol. The molecule has 0 saturated heterocycles. The number of aryl methyl sites for hydroxylation is 1. The van der Waals surface area contributed by atoms with Crippen LogP contribution in [0.4, 0.5) is 5.69 Å². The van der Waals surface area contributed by atoms with Gasteiger partial charge in [0.2, 0.25) is 0 Å². The first-order chi connectivity index (χ1) is 6.31. The van der Waals surface area contributed by atoms with Crippen molar-refractivity contribution in [3.05, 3.63) is 28.8 Å². The number of anilines is 1. The van der Waals surface area contributed by atoms with Crippen LogP contribution in [0.15, 0.2) is 12.1 Å². The summed E-state index contributed by atoms with van der Waals surface area (Å²) in [7, 11) is 0. The van der Waals surface area contributed by atoms with Gasteiger partial charge in [-0.25, -0.2) is 0 Å². The molecule has 70 valence electrons. The summed E-state index contributed by atoms with van der Waals surface area (Å²) in [5, 5.41) is 12.6. The molecule has 0 saturated carbocycles. The van der Waals surface area contributed by atoms with Crippen LogP contribution < -0.4 is 5.32 Å². The molecule has 13 heavy (non-hydrogen) atoms. The third-order valence-electron chi connectivity index (χ3n) is 2.58. The Kier molecular flexibility index (Phi) is 2.23. The Morgan fingerprint density at radius 2 is 2.31 bits per heavy atom. The number of hydrogen-bond acceptors (Lipinski definition) is 2. The molecule has 1 aliphatic rings. The first kappa shape index (κ1) is 8.57. The van der Waals surface area contributed by atoms with Gasteiger partial charge < -0.3 is 10.4 Å². The molecule has 0 unspecified atom stereocenters. The molecule has 0 bridgehead atoms. The Hall–Kier alpha value is -1.02. The zero-order valence-corrected chi connectivity index (χ0v) is 7.93. The van der Waals surface area contributed by atoms with Gasteiger partial charge in [0, 0.05) is 12.2 Å². The summed E-state index contributed by atoms with van der Waals surface area (Å²) in [6.07, 6.45) is 2.27. The summed E-state index contributed by atoms with van der Waals surface area (Å²) in [4.78, 5) is 0. The zero-order valence-electron chi connectivity index (χ0n) is 7.93. The average Bonchev–Trinajstić information content (AvgIpc) is 2.16. The van der Waals surface area contributed by atoms with Gasteiger partial charge in [-0.15, -0.1) is 0 Å². The predicted octanol–water partition coefficient (Wildman–Crippen LogP) is 1.85. The van der Waals surface area contributed by atoms with Crippen LogP contribution in [0.3, 0.4) is 0 Å². The van der Waals surface area contributed by atoms with Crippen LogP contribution in [-0.4, -0.2) is 11.7 Å². The van der Waals surface area contributed by atoms with E-state index >= 15 is 0 Å².